The number of amides is 4. The summed E-state index contributed by atoms with van der Waals surface area (Å²) in [6.07, 6.45) is 2.56. The molecule has 0 aliphatic rings. The summed E-state index contributed by atoms with van der Waals surface area (Å²) in [5, 5.41) is 19.0. The largest absolute Gasteiger partial charge is 0.445 e. The quantitative estimate of drug-likeness (QED) is 0.0532. The van der Waals surface area contributed by atoms with Gasteiger partial charge in [-0.05, 0) is 40.7 Å². The van der Waals surface area contributed by atoms with Crippen LogP contribution in [0.15, 0.2) is 85.3 Å². The fraction of sp³-hybridized carbons (Fsp3) is 0.410. The first-order valence-corrected chi connectivity index (χ1v) is 17.8. The fourth-order valence-corrected chi connectivity index (χ4v) is 5.77. The minimum Gasteiger partial charge on any atom is -0.445 e. The molecular formula is C39H51N7O6. The van der Waals surface area contributed by atoms with Gasteiger partial charge in [-0.25, -0.2) is 15.2 Å². The summed E-state index contributed by atoms with van der Waals surface area (Å²) in [4.78, 5) is 61.1. The summed E-state index contributed by atoms with van der Waals surface area (Å²) < 4.78 is 14.3. The average Bonchev–Trinajstić information content (AvgIpc) is 3.67. The van der Waals surface area contributed by atoms with Crippen molar-refractivity contribution in [2.75, 3.05) is 6.54 Å². The number of H-pyrrole nitrogens is 1. The summed E-state index contributed by atoms with van der Waals surface area (Å²) in [5.74, 6) is -1.76. The Morgan fingerprint density at radius 1 is 0.923 bits per heavy atom. The molecule has 0 saturated heterocycles. The Labute approximate surface area is 306 Å². The standard InChI is InChI=1S/C39H51N7O6/c1-4-5-18-42-46-36(48)22-35(47)32(19-26(2)3)43-38(50)34(21-30-23-40-25-41-30)44-37(49)33(45-39(51)52-24-27-12-7-6-8-13-27)20-29-16-11-15-28-14-9-10-17-31(28)29/h6-17,23,25-26,32-35,42,47H,4-5,18-22,24H2,1-3H3,(H,40,41)(H,43,50)(H,44,49)(H,45,51)(H,46,48)/t32-,33+,34-,35-/m0/s1/i/hD. The molecule has 0 fully saturated rings. The molecule has 4 atom stereocenters. The number of hydrazine groups is 1. The number of carbonyl (C=O) groups is 4. The van der Waals surface area contributed by atoms with E-state index in [2.05, 4.69) is 31.5 Å². The van der Waals surface area contributed by atoms with E-state index in [9.17, 15) is 24.3 Å². The number of ether oxygens (including phenoxy) is 1. The zero-order valence-corrected chi connectivity index (χ0v) is 30.0. The van der Waals surface area contributed by atoms with Crippen LogP contribution in [0.4, 0.5) is 4.79 Å². The maximum Gasteiger partial charge on any atom is 0.408 e. The van der Waals surface area contributed by atoms with Crippen LogP contribution in [0.5, 0.6) is 0 Å². The van der Waals surface area contributed by atoms with E-state index >= 15 is 0 Å². The van der Waals surface area contributed by atoms with Crippen molar-refractivity contribution < 1.29 is 30.4 Å². The molecule has 0 saturated carbocycles. The third kappa shape index (κ3) is 12.8. The number of hydrogen-bond acceptors (Lipinski definition) is 8. The molecule has 0 aliphatic heterocycles. The highest BCUT2D eigenvalue weighted by Gasteiger charge is 2.32. The number of fused-ring (bicyclic) bond motifs is 1. The number of hydrogen-bond donors (Lipinski definition) is 7. The van der Waals surface area contributed by atoms with Crippen LogP contribution < -0.4 is 26.8 Å². The smallest absolute Gasteiger partial charge is 0.408 e. The lowest BCUT2D eigenvalue weighted by Crippen LogP contribution is -2.57. The maximum absolute atomic E-state index is 14.2. The zero-order chi connectivity index (χ0) is 38.2. The number of imidazole rings is 1. The number of benzene rings is 3. The van der Waals surface area contributed by atoms with E-state index in [-0.39, 0.29) is 31.8 Å². The van der Waals surface area contributed by atoms with Crippen molar-refractivity contribution in [1.82, 2.24) is 36.8 Å². The molecular weight excluding hydrogens is 662 g/mol. The van der Waals surface area contributed by atoms with Gasteiger partial charge in [-0.1, -0.05) is 100.0 Å². The molecule has 4 amide bonds. The summed E-state index contributed by atoms with van der Waals surface area (Å²) >= 11 is 0. The van der Waals surface area contributed by atoms with E-state index in [4.69, 9.17) is 6.15 Å². The number of rotatable bonds is 20. The molecule has 0 unspecified atom stereocenters. The summed E-state index contributed by atoms with van der Waals surface area (Å²) in [6.45, 7) is 6.37. The summed E-state index contributed by atoms with van der Waals surface area (Å²) in [5.41, 5.74) is 7.39. The summed E-state index contributed by atoms with van der Waals surface area (Å²) in [6, 6.07) is 18.7. The molecule has 0 aliphatic carbocycles. The second kappa shape index (κ2) is 20.5. The second-order valence-corrected chi connectivity index (χ2v) is 13.2. The first-order chi connectivity index (χ1) is 25.5. The van der Waals surface area contributed by atoms with E-state index in [0.29, 0.717) is 35.1 Å². The van der Waals surface area contributed by atoms with Crippen LogP contribution in [0.2, 0.25) is 1.41 Å². The number of alkyl carbamates (subject to hydrolysis) is 1. The maximum atomic E-state index is 14.2. The van der Waals surface area contributed by atoms with Crippen LogP contribution >= 0.6 is 0 Å². The minimum absolute atomic E-state index is 0.0126. The number of unbranched alkanes of at least 4 members (excludes halogenated alkanes) is 1. The number of nitrogens with one attached hydrogen (secondary N) is 6. The lowest BCUT2D eigenvalue weighted by Gasteiger charge is -2.29. The number of aromatic amines is 1. The van der Waals surface area contributed by atoms with Crippen LogP contribution in [0.3, 0.4) is 0 Å². The Hall–Kier alpha value is -5.27. The van der Waals surface area contributed by atoms with Crippen LogP contribution in [0, 0.1) is 5.92 Å². The van der Waals surface area contributed by atoms with Gasteiger partial charge in [0.1, 0.15) is 18.7 Å². The van der Waals surface area contributed by atoms with Gasteiger partial charge in [0.2, 0.25) is 17.7 Å². The molecule has 4 rings (SSSR count). The number of aromatic nitrogens is 2. The lowest BCUT2D eigenvalue weighted by molar-refractivity contribution is -0.131. The number of carbonyl (C=O) groups excluding carboxylic acids is 4. The third-order valence-corrected chi connectivity index (χ3v) is 8.47. The molecule has 52 heavy (non-hydrogen) atoms. The van der Waals surface area contributed by atoms with Crippen LogP contribution in [-0.4, -0.2) is 69.7 Å². The number of aliphatic hydroxyl groups is 1. The first-order valence-electron chi connectivity index (χ1n) is 18.2. The minimum atomic E-state index is -1.40. The van der Waals surface area contributed by atoms with Gasteiger partial charge in [0.25, 0.3) is 0 Å². The Kier molecular flexibility index (Phi) is 15.0. The van der Waals surface area contributed by atoms with Crippen molar-refractivity contribution >= 4 is 34.6 Å². The molecule has 278 valence electrons. The molecule has 13 nitrogen and oxygen atoms in total. The van der Waals surface area contributed by atoms with E-state index in [1.54, 1.807) is 24.3 Å². The van der Waals surface area contributed by atoms with Crippen molar-refractivity contribution in [3.05, 3.63) is 102 Å². The van der Waals surface area contributed by atoms with Gasteiger partial charge in [-0.3, -0.25) is 19.8 Å². The van der Waals surface area contributed by atoms with E-state index in [0.717, 1.165) is 23.6 Å². The van der Waals surface area contributed by atoms with E-state index in [1.807, 2.05) is 69.3 Å². The highest BCUT2D eigenvalue weighted by atomic mass is 16.5. The average molecular weight is 715 g/mol. The van der Waals surface area contributed by atoms with Gasteiger partial charge in [0.05, 0.1) is 24.9 Å². The van der Waals surface area contributed by atoms with Gasteiger partial charge in [-0.15, -0.1) is 0 Å². The number of aliphatic hydroxyl groups excluding tert-OH is 1. The van der Waals surface area contributed by atoms with Crippen molar-refractivity contribution in [2.24, 2.45) is 5.92 Å². The highest BCUT2D eigenvalue weighted by Crippen LogP contribution is 2.20. The molecule has 1 heterocycles. The Bertz CT molecular complexity index is 1750. The first kappa shape index (κ1) is 38.0. The normalized spacial score (nSPS) is 13.8. The zero-order valence-electron chi connectivity index (χ0n) is 31.0. The van der Waals surface area contributed by atoms with Gasteiger partial charge >= 0.3 is 6.09 Å². The topological polar surface area (TPSA) is 187 Å². The van der Waals surface area contributed by atoms with Crippen molar-refractivity contribution in [1.29, 1.82) is 0 Å². The molecule has 0 spiro atoms. The van der Waals surface area contributed by atoms with Gasteiger partial charge < -0.3 is 30.8 Å². The predicted octanol–water partition coefficient (Wildman–Crippen LogP) is 3.83. The third-order valence-electron chi connectivity index (χ3n) is 8.47. The van der Waals surface area contributed by atoms with Gasteiger partial charge in [0.15, 0.2) is 1.41 Å². The van der Waals surface area contributed by atoms with E-state index < -0.39 is 48.0 Å². The van der Waals surface area contributed by atoms with Crippen molar-refractivity contribution in [3.8, 4) is 0 Å². The van der Waals surface area contributed by atoms with Crippen LogP contribution in [-0.2, 0) is 38.6 Å². The Balaban J connectivity index is 1.57. The SMILES string of the molecule is [2H]N(C(=O)OCc1ccccc1)[C@H](Cc1cccc2ccccc12)C(=O)N[C@@H](Cc1cnc[nH]1)C(=O)N[C@@H](CC(C)C)[C@@H](O)CC(=O)NNCCCC. The summed E-state index contributed by atoms with van der Waals surface area (Å²) in [7, 11) is 0. The lowest BCUT2D eigenvalue weighted by atomic mass is 9.96. The monoisotopic (exact) mass is 714 g/mol. The Morgan fingerprint density at radius 3 is 2.38 bits per heavy atom. The molecule has 0 radical (unpaired) electrons. The molecule has 0 bridgehead atoms. The second-order valence-electron chi connectivity index (χ2n) is 13.2. The predicted molar refractivity (Wildman–Crippen MR) is 198 cm³/mol. The van der Waals surface area contributed by atoms with Gasteiger partial charge in [0, 0.05) is 31.3 Å². The van der Waals surface area contributed by atoms with E-state index in [1.165, 1.54) is 12.5 Å². The van der Waals surface area contributed by atoms with Crippen molar-refractivity contribution in [2.45, 2.75) is 90.1 Å². The molecule has 1 aromatic heterocycles. The highest BCUT2D eigenvalue weighted by molar-refractivity contribution is 5.93. The van der Waals surface area contributed by atoms with Crippen LogP contribution in [0.25, 0.3) is 10.8 Å². The fourth-order valence-electron chi connectivity index (χ4n) is 5.77. The van der Waals surface area contributed by atoms with Crippen LogP contribution in [0.1, 0.15) is 63.3 Å². The van der Waals surface area contributed by atoms with Crippen molar-refractivity contribution in [3.63, 3.8) is 0 Å². The van der Waals surface area contributed by atoms with Gasteiger partial charge in [-0.2, -0.15) is 0 Å². The molecule has 13 heteroatoms. The molecule has 4 aromatic rings. The Morgan fingerprint density at radius 2 is 1.65 bits per heavy atom. The molecule has 7 N–H and O–H groups in total. The molecule has 3 aromatic carbocycles. The number of nitrogens with zero attached hydrogens (tertiary/aromatic N) is 1.